The Balaban J connectivity index is 2.21. The molecular formula is C13H22N2O3S. The number of aryl methyl sites for hydroxylation is 1. The van der Waals surface area contributed by atoms with E-state index in [1.54, 1.807) is 16.8 Å². The lowest BCUT2D eigenvalue weighted by molar-refractivity contribution is 0.271. The predicted molar refractivity (Wildman–Crippen MR) is 73.2 cm³/mol. The minimum absolute atomic E-state index is 0.0348. The molecule has 0 bridgehead atoms. The average molecular weight is 286 g/mol. The fourth-order valence-corrected chi connectivity index (χ4v) is 4.13. The molecule has 0 aliphatic heterocycles. The molecule has 6 heteroatoms. The van der Waals surface area contributed by atoms with Crippen LogP contribution >= 0.6 is 0 Å². The highest BCUT2D eigenvalue weighted by molar-refractivity contribution is 7.89. The molecular weight excluding hydrogens is 264 g/mol. The van der Waals surface area contributed by atoms with Gasteiger partial charge in [-0.15, -0.1) is 0 Å². The van der Waals surface area contributed by atoms with Crippen molar-refractivity contribution in [3.63, 3.8) is 0 Å². The van der Waals surface area contributed by atoms with Crippen LogP contribution in [0.2, 0.25) is 0 Å². The van der Waals surface area contributed by atoms with Gasteiger partial charge in [-0.3, -0.25) is 0 Å². The van der Waals surface area contributed by atoms with Crippen LogP contribution in [0.15, 0.2) is 17.2 Å². The molecule has 0 aromatic carbocycles. The maximum absolute atomic E-state index is 12.3. The maximum Gasteiger partial charge on any atom is 0.242 e. The zero-order valence-electron chi connectivity index (χ0n) is 11.5. The number of sulfonamides is 1. The van der Waals surface area contributed by atoms with Gasteiger partial charge in [-0.05, 0) is 31.7 Å². The first-order valence-electron chi connectivity index (χ1n) is 6.80. The smallest absolute Gasteiger partial charge is 0.242 e. The minimum atomic E-state index is -3.48. The summed E-state index contributed by atoms with van der Waals surface area (Å²) in [5, 5.41) is 9.22. The van der Waals surface area contributed by atoms with Crippen molar-refractivity contribution in [3.8, 4) is 0 Å². The van der Waals surface area contributed by atoms with Gasteiger partial charge in [0.15, 0.2) is 0 Å². The third-order valence-electron chi connectivity index (χ3n) is 3.94. The van der Waals surface area contributed by atoms with Gasteiger partial charge in [-0.2, -0.15) is 0 Å². The highest BCUT2D eigenvalue weighted by Crippen LogP contribution is 2.26. The third kappa shape index (κ3) is 3.01. The van der Waals surface area contributed by atoms with Gasteiger partial charge in [-0.1, -0.05) is 13.3 Å². The Labute approximate surface area is 114 Å². The van der Waals surface area contributed by atoms with Gasteiger partial charge >= 0.3 is 0 Å². The highest BCUT2D eigenvalue weighted by Gasteiger charge is 2.29. The number of rotatable bonds is 5. The molecule has 1 fully saturated rings. The van der Waals surface area contributed by atoms with Crippen molar-refractivity contribution in [1.29, 1.82) is 0 Å². The molecule has 2 atom stereocenters. The summed E-state index contributed by atoms with van der Waals surface area (Å²) in [7, 11) is -3.48. The van der Waals surface area contributed by atoms with Gasteiger partial charge in [0.2, 0.25) is 10.0 Å². The van der Waals surface area contributed by atoms with E-state index in [9.17, 15) is 13.5 Å². The SMILES string of the molecule is CCn1cc(S(=O)(=O)NC2CCCC2C)cc1CO. The van der Waals surface area contributed by atoms with Crippen LogP contribution in [-0.2, 0) is 23.2 Å². The van der Waals surface area contributed by atoms with E-state index in [4.69, 9.17) is 0 Å². The van der Waals surface area contributed by atoms with Gasteiger partial charge in [-0.25, -0.2) is 13.1 Å². The molecule has 19 heavy (non-hydrogen) atoms. The standard InChI is InChI=1S/C13H22N2O3S/c1-3-15-8-12(7-11(15)9-16)19(17,18)14-13-6-4-5-10(13)2/h7-8,10,13-14,16H,3-6,9H2,1-2H3. The van der Waals surface area contributed by atoms with Crippen LogP contribution in [0.25, 0.3) is 0 Å². The minimum Gasteiger partial charge on any atom is -0.390 e. The van der Waals surface area contributed by atoms with E-state index in [0.717, 1.165) is 19.3 Å². The fourth-order valence-electron chi connectivity index (χ4n) is 2.69. The number of nitrogens with zero attached hydrogens (tertiary/aromatic N) is 1. The van der Waals surface area contributed by atoms with Gasteiger partial charge < -0.3 is 9.67 Å². The molecule has 2 rings (SSSR count). The quantitative estimate of drug-likeness (QED) is 0.861. The van der Waals surface area contributed by atoms with E-state index in [2.05, 4.69) is 11.6 Å². The van der Waals surface area contributed by atoms with Crippen LogP contribution in [0, 0.1) is 5.92 Å². The number of hydrogen-bond donors (Lipinski definition) is 2. The Kier molecular flexibility index (Phi) is 4.32. The summed E-state index contributed by atoms with van der Waals surface area (Å²) in [5.41, 5.74) is 0.627. The van der Waals surface area contributed by atoms with Crippen molar-refractivity contribution in [1.82, 2.24) is 9.29 Å². The van der Waals surface area contributed by atoms with E-state index in [-0.39, 0.29) is 17.5 Å². The third-order valence-corrected chi connectivity index (χ3v) is 5.40. The zero-order valence-corrected chi connectivity index (χ0v) is 12.3. The second-order valence-electron chi connectivity index (χ2n) is 5.25. The molecule has 0 radical (unpaired) electrons. The first-order valence-corrected chi connectivity index (χ1v) is 8.28. The van der Waals surface area contributed by atoms with Crippen molar-refractivity contribution in [2.24, 2.45) is 5.92 Å². The molecule has 5 nitrogen and oxygen atoms in total. The van der Waals surface area contributed by atoms with Gasteiger partial charge in [0.25, 0.3) is 0 Å². The molecule has 1 heterocycles. The van der Waals surface area contributed by atoms with Crippen LogP contribution < -0.4 is 4.72 Å². The lowest BCUT2D eigenvalue weighted by atomic mass is 10.1. The molecule has 2 unspecified atom stereocenters. The monoisotopic (exact) mass is 286 g/mol. The van der Waals surface area contributed by atoms with Crippen LogP contribution in [0.1, 0.15) is 38.8 Å². The van der Waals surface area contributed by atoms with Gasteiger partial charge in [0, 0.05) is 24.5 Å². The van der Waals surface area contributed by atoms with Gasteiger partial charge in [0.05, 0.1) is 11.5 Å². The summed E-state index contributed by atoms with van der Waals surface area (Å²) in [5.74, 6) is 0.389. The summed E-state index contributed by atoms with van der Waals surface area (Å²) >= 11 is 0. The van der Waals surface area contributed by atoms with Crippen molar-refractivity contribution in [2.45, 2.75) is 57.2 Å². The normalized spacial score (nSPS) is 23.9. The second kappa shape index (κ2) is 5.64. The number of hydrogen-bond acceptors (Lipinski definition) is 3. The molecule has 2 N–H and O–H groups in total. The summed E-state index contributed by atoms with van der Waals surface area (Å²) in [6, 6.07) is 1.58. The zero-order chi connectivity index (χ0) is 14.0. The Morgan fingerprint density at radius 2 is 2.21 bits per heavy atom. The fraction of sp³-hybridized carbons (Fsp3) is 0.692. The molecule has 1 aliphatic rings. The van der Waals surface area contributed by atoms with E-state index in [1.165, 1.54) is 0 Å². The molecule has 0 amide bonds. The van der Waals surface area contributed by atoms with Crippen molar-refractivity contribution >= 4 is 10.0 Å². The first-order chi connectivity index (χ1) is 8.97. The van der Waals surface area contributed by atoms with Crippen molar-refractivity contribution in [3.05, 3.63) is 18.0 Å². The van der Waals surface area contributed by atoms with E-state index < -0.39 is 10.0 Å². The average Bonchev–Trinajstić information content (AvgIpc) is 2.96. The largest absolute Gasteiger partial charge is 0.390 e. The Bertz CT molecular complexity index is 515. The van der Waals surface area contributed by atoms with E-state index in [1.807, 2.05) is 6.92 Å². The number of aliphatic hydroxyl groups excluding tert-OH is 1. The van der Waals surface area contributed by atoms with Gasteiger partial charge in [0.1, 0.15) is 0 Å². The molecule has 0 saturated heterocycles. The van der Waals surface area contributed by atoms with E-state index >= 15 is 0 Å². The highest BCUT2D eigenvalue weighted by atomic mass is 32.2. The molecule has 1 saturated carbocycles. The Hall–Kier alpha value is -0.850. The number of aliphatic hydroxyl groups is 1. The lowest BCUT2D eigenvalue weighted by Gasteiger charge is -2.16. The van der Waals surface area contributed by atoms with Crippen LogP contribution in [0.4, 0.5) is 0 Å². The summed E-state index contributed by atoms with van der Waals surface area (Å²) < 4.78 is 29.2. The summed E-state index contributed by atoms with van der Waals surface area (Å²) in [4.78, 5) is 0.248. The second-order valence-corrected chi connectivity index (χ2v) is 6.96. The number of nitrogens with one attached hydrogen (secondary N) is 1. The summed E-state index contributed by atoms with van der Waals surface area (Å²) in [6.07, 6.45) is 4.65. The Morgan fingerprint density at radius 1 is 1.47 bits per heavy atom. The van der Waals surface area contributed by atoms with Crippen LogP contribution in [0.5, 0.6) is 0 Å². The van der Waals surface area contributed by atoms with Crippen LogP contribution in [0.3, 0.4) is 0 Å². The molecule has 1 aliphatic carbocycles. The first kappa shape index (κ1) is 14.6. The topological polar surface area (TPSA) is 71.3 Å². The lowest BCUT2D eigenvalue weighted by Crippen LogP contribution is -2.36. The summed E-state index contributed by atoms with van der Waals surface area (Å²) in [6.45, 7) is 4.49. The maximum atomic E-state index is 12.3. The van der Waals surface area contributed by atoms with Crippen molar-refractivity contribution in [2.75, 3.05) is 0 Å². The molecule has 1 aromatic rings. The van der Waals surface area contributed by atoms with Crippen molar-refractivity contribution < 1.29 is 13.5 Å². The molecule has 108 valence electrons. The van der Waals surface area contributed by atoms with Crippen LogP contribution in [-0.4, -0.2) is 24.1 Å². The van der Waals surface area contributed by atoms with E-state index in [0.29, 0.717) is 18.2 Å². The number of aromatic nitrogens is 1. The Morgan fingerprint density at radius 3 is 2.68 bits per heavy atom. The predicted octanol–water partition coefficient (Wildman–Crippen LogP) is 1.47. The molecule has 0 spiro atoms. The molecule has 1 aromatic heterocycles.